The van der Waals surface area contributed by atoms with Crippen LogP contribution in [0.25, 0.3) is 0 Å². The summed E-state index contributed by atoms with van der Waals surface area (Å²) in [5.74, 6) is 1.17. The van der Waals surface area contributed by atoms with Gasteiger partial charge in [0.15, 0.2) is 0 Å². The smallest absolute Gasteiger partial charge is 0.149 e. The average Bonchev–Trinajstić information content (AvgIpc) is 2.22. The van der Waals surface area contributed by atoms with Gasteiger partial charge in [0.1, 0.15) is 11.6 Å². The molecule has 0 bridgehead atoms. The lowest BCUT2D eigenvalue weighted by atomic mass is 10.2. The minimum absolute atomic E-state index is 0.276. The first kappa shape index (κ1) is 11.7. The maximum absolute atomic E-state index is 5.45. The molecule has 15 heavy (non-hydrogen) atoms. The number of nitrogens with zero attached hydrogens (tertiary/aromatic N) is 2. The standard InChI is InChI=1S/C10H18N4O/c1-3-4-8(7-15-2)12-10-6-5-9(11)13-14-10/h5-6,8H,3-4,7H2,1-2H3,(H2,11,13)(H,12,14). The summed E-state index contributed by atoms with van der Waals surface area (Å²) < 4.78 is 5.12. The molecule has 1 aromatic heterocycles. The number of hydrogen-bond acceptors (Lipinski definition) is 5. The number of hydrogen-bond donors (Lipinski definition) is 2. The Labute approximate surface area is 90.0 Å². The van der Waals surface area contributed by atoms with Gasteiger partial charge >= 0.3 is 0 Å². The van der Waals surface area contributed by atoms with Crippen LogP contribution in [0.4, 0.5) is 11.6 Å². The fourth-order valence-corrected chi connectivity index (χ4v) is 1.38. The highest BCUT2D eigenvalue weighted by atomic mass is 16.5. The Morgan fingerprint density at radius 2 is 2.27 bits per heavy atom. The third-order valence-electron chi connectivity index (χ3n) is 2.04. The van der Waals surface area contributed by atoms with Gasteiger partial charge in [-0.2, -0.15) is 0 Å². The number of nitrogens with two attached hydrogens (primary N) is 1. The molecule has 0 amide bonds. The summed E-state index contributed by atoms with van der Waals surface area (Å²) in [4.78, 5) is 0. The maximum atomic E-state index is 5.45. The maximum Gasteiger partial charge on any atom is 0.149 e. The van der Waals surface area contributed by atoms with Crippen molar-refractivity contribution in [3.05, 3.63) is 12.1 Å². The Hall–Kier alpha value is -1.36. The SMILES string of the molecule is CCCC(COC)Nc1ccc(N)nn1. The van der Waals surface area contributed by atoms with Crippen LogP contribution in [0.15, 0.2) is 12.1 Å². The van der Waals surface area contributed by atoms with Crippen LogP contribution in [0.3, 0.4) is 0 Å². The fourth-order valence-electron chi connectivity index (χ4n) is 1.38. The van der Waals surface area contributed by atoms with E-state index in [4.69, 9.17) is 10.5 Å². The first-order chi connectivity index (χ1) is 7.26. The number of aromatic nitrogens is 2. The van der Waals surface area contributed by atoms with E-state index in [2.05, 4.69) is 22.4 Å². The number of rotatable bonds is 6. The summed E-state index contributed by atoms with van der Waals surface area (Å²) in [6.07, 6.45) is 2.14. The molecule has 0 aliphatic rings. The van der Waals surface area contributed by atoms with E-state index in [9.17, 15) is 0 Å². The highest BCUT2D eigenvalue weighted by Gasteiger charge is 2.07. The zero-order chi connectivity index (χ0) is 11.1. The van der Waals surface area contributed by atoms with Crippen LogP contribution < -0.4 is 11.1 Å². The van der Waals surface area contributed by atoms with Crippen molar-refractivity contribution in [1.82, 2.24) is 10.2 Å². The Morgan fingerprint density at radius 3 is 2.80 bits per heavy atom. The molecule has 84 valence electrons. The van der Waals surface area contributed by atoms with E-state index in [0.717, 1.165) is 18.7 Å². The zero-order valence-corrected chi connectivity index (χ0v) is 9.23. The second-order valence-corrected chi connectivity index (χ2v) is 3.43. The van der Waals surface area contributed by atoms with Crippen molar-refractivity contribution in [2.75, 3.05) is 24.8 Å². The molecule has 0 aliphatic carbocycles. The molecule has 0 spiro atoms. The Morgan fingerprint density at radius 1 is 1.47 bits per heavy atom. The second-order valence-electron chi connectivity index (χ2n) is 3.43. The summed E-state index contributed by atoms with van der Waals surface area (Å²) >= 11 is 0. The second kappa shape index (κ2) is 6.19. The zero-order valence-electron chi connectivity index (χ0n) is 9.23. The van der Waals surface area contributed by atoms with Crippen molar-refractivity contribution in [2.45, 2.75) is 25.8 Å². The van der Waals surface area contributed by atoms with Gasteiger partial charge in [-0.1, -0.05) is 13.3 Å². The van der Waals surface area contributed by atoms with Gasteiger partial charge < -0.3 is 15.8 Å². The topological polar surface area (TPSA) is 73.1 Å². The van der Waals surface area contributed by atoms with Crippen molar-refractivity contribution in [2.24, 2.45) is 0 Å². The van der Waals surface area contributed by atoms with Crippen LogP contribution in [0.5, 0.6) is 0 Å². The molecule has 3 N–H and O–H groups in total. The molecular weight excluding hydrogens is 192 g/mol. The number of ether oxygens (including phenoxy) is 1. The Bertz CT molecular complexity index is 269. The summed E-state index contributed by atoms with van der Waals surface area (Å²) in [6.45, 7) is 2.80. The van der Waals surface area contributed by atoms with Crippen LogP contribution in [-0.4, -0.2) is 30.0 Å². The lowest BCUT2D eigenvalue weighted by Crippen LogP contribution is -2.25. The molecule has 5 nitrogen and oxygen atoms in total. The first-order valence-corrected chi connectivity index (χ1v) is 5.11. The Kier molecular flexibility index (Phi) is 4.83. The van der Waals surface area contributed by atoms with Crippen LogP contribution in [-0.2, 0) is 4.74 Å². The van der Waals surface area contributed by atoms with E-state index in [1.807, 2.05) is 6.07 Å². The molecule has 0 saturated carbocycles. The molecule has 1 aromatic rings. The number of nitrogen functional groups attached to an aromatic ring is 1. The quantitative estimate of drug-likeness (QED) is 0.740. The number of anilines is 2. The van der Waals surface area contributed by atoms with Crippen molar-refractivity contribution in [3.63, 3.8) is 0 Å². The summed E-state index contributed by atoms with van der Waals surface area (Å²) in [7, 11) is 1.69. The van der Waals surface area contributed by atoms with E-state index >= 15 is 0 Å². The van der Waals surface area contributed by atoms with Gasteiger partial charge in [-0.05, 0) is 18.6 Å². The molecule has 0 radical (unpaired) electrons. The van der Waals surface area contributed by atoms with E-state index in [0.29, 0.717) is 12.4 Å². The van der Waals surface area contributed by atoms with E-state index < -0.39 is 0 Å². The number of nitrogens with one attached hydrogen (secondary N) is 1. The molecule has 0 fully saturated rings. The molecule has 1 atom stereocenters. The summed E-state index contributed by atoms with van der Waals surface area (Å²) in [5.41, 5.74) is 5.45. The minimum atomic E-state index is 0.276. The predicted octanol–water partition coefficient (Wildman–Crippen LogP) is 1.29. The molecule has 5 heteroatoms. The highest BCUT2D eigenvalue weighted by molar-refractivity contribution is 5.39. The largest absolute Gasteiger partial charge is 0.383 e. The third-order valence-corrected chi connectivity index (χ3v) is 2.04. The molecular formula is C10H18N4O. The van der Waals surface area contributed by atoms with Crippen molar-refractivity contribution in [3.8, 4) is 0 Å². The molecule has 0 saturated heterocycles. The Balaban J connectivity index is 2.53. The van der Waals surface area contributed by atoms with Crippen LogP contribution in [0.1, 0.15) is 19.8 Å². The van der Waals surface area contributed by atoms with Gasteiger partial charge in [0.05, 0.1) is 12.6 Å². The van der Waals surface area contributed by atoms with Crippen LogP contribution in [0.2, 0.25) is 0 Å². The van der Waals surface area contributed by atoms with Gasteiger partial charge in [0.2, 0.25) is 0 Å². The van der Waals surface area contributed by atoms with Crippen molar-refractivity contribution >= 4 is 11.6 Å². The van der Waals surface area contributed by atoms with Crippen LogP contribution in [0, 0.1) is 0 Å². The lowest BCUT2D eigenvalue weighted by Gasteiger charge is -2.17. The molecule has 1 rings (SSSR count). The minimum Gasteiger partial charge on any atom is -0.383 e. The van der Waals surface area contributed by atoms with E-state index in [1.54, 1.807) is 13.2 Å². The molecule has 0 aromatic carbocycles. The predicted molar refractivity (Wildman–Crippen MR) is 60.6 cm³/mol. The highest BCUT2D eigenvalue weighted by Crippen LogP contribution is 2.08. The lowest BCUT2D eigenvalue weighted by molar-refractivity contribution is 0.182. The van der Waals surface area contributed by atoms with Gasteiger partial charge in [-0.3, -0.25) is 0 Å². The van der Waals surface area contributed by atoms with Crippen molar-refractivity contribution < 1.29 is 4.74 Å². The molecule has 1 unspecified atom stereocenters. The van der Waals surface area contributed by atoms with Gasteiger partial charge in [-0.25, -0.2) is 0 Å². The molecule has 0 aliphatic heterocycles. The monoisotopic (exact) mass is 210 g/mol. The number of methoxy groups -OCH3 is 1. The van der Waals surface area contributed by atoms with Gasteiger partial charge in [-0.15, -0.1) is 10.2 Å². The summed E-state index contributed by atoms with van der Waals surface area (Å²) in [5, 5.41) is 11.0. The van der Waals surface area contributed by atoms with E-state index in [-0.39, 0.29) is 6.04 Å². The van der Waals surface area contributed by atoms with Crippen molar-refractivity contribution in [1.29, 1.82) is 0 Å². The van der Waals surface area contributed by atoms with E-state index in [1.165, 1.54) is 0 Å². The first-order valence-electron chi connectivity index (χ1n) is 5.11. The molecule has 1 heterocycles. The normalized spacial score (nSPS) is 12.4. The van der Waals surface area contributed by atoms with Crippen LogP contribution >= 0.6 is 0 Å². The van der Waals surface area contributed by atoms with Gasteiger partial charge in [0, 0.05) is 7.11 Å². The fraction of sp³-hybridized carbons (Fsp3) is 0.600. The summed E-state index contributed by atoms with van der Waals surface area (Å²) in [6, 6.07) is 3.82. The average molecular weight is 210 g/mol. The van der Waals surface area contributed by atoms with Gasteiger partial charge in [0.25, 0.3) is 0 Å². The third kappa shape index (κ3) is 4.12.